The van der Waals surface area contributed by atoms with E-state index in [1.165, 1.54) is 25.8 Å². The van der Waals surface area contributed by atoms with Gasteiger partial charge in [-0.3, -0.25) is 4.90 Å². The molecule has 3 nitrogen and oxygen atoms in total. The topological polar surface area (TPSA) is 26.7 Å². The number of hydrogen-bond acceptors (Lipinski definition) is 3. The molecule has 2 unspecified atom stereocenters. The Balaban J connectivity index is 1.82. The van der Waals surface area contributed by atoms with Gasteiger partial charge in [-0.1, -0.05) is 24.1 Å². The number of aliphatic hydroxyl groups excluding tert-OH is 1. The van der Waals surface area contributed by atoms with Crippen LogP contribution in [0.4, 0.5) is 5.69 Å². The minimum absolute atomic E-state index is 0.468. The number of piperidine rings is 1. The maximum absolute atomic E-state index is 9.68. The molecule has 1 aromatic rings. The standard InChI is InChI=1S/C17H25ClN2O/c1-12-10-19-8-4-3-5-15(19)11-20(12)17-7-6-14(13(2)21)9-16(17)18/h6-7,9,12-13,15,21H,3-5,8,10-11H2,1-2H3/t12?,13-,15?/m1/s1. The van der Waals surface area contributed by atoms with Crippen molar-refractivity contribution < 1.29 is 5.11 Å². The molecule has 2 saturated heterocycles. The quantitative estimate of drug-likeness (QED) is 0.906. The van der Waals surface area contributed by atoms with Crippen LogP contribution in [0.2, 0.25) is 5.02 Å². The van der Waals surface area contributed by atoms with Gasteiger partial charge in [-0.25, -0.2) is 0 Å². The van der Waals surface area contributed by atoms with Gasteiger partial charge in [0.15, 0.2) is 0 Å². The van der Waals surface area contributed by atoms with Crippen LogP contribution in [-0.4, -0.2) is 41.7 Å². The molecule has 116 valence electrons. The lowest BCUT2D eigenvalue weighted by Crippen LogP contribution is -2.58. The van der Waals surface area contributed by atoms with Gasteiger partial charge >= 0.3 is 0 Å². The first kappa shape index (κ1) is 15.1. The number of piperazine rings is 1. The van der Waals surface area contributed by atoms with Gasteiger partial charge in [-0.2, -0.15) is 0 Å². The van der Waals surface area contributed by atoms with E-state index in [1.54, 1.807) is 6.92 Å². The summed E-state index contributed by atoms with van der Waals surface area (Å²) < 4.78 is 0. The van der Waals surface area contributed by atoms with Crippen LogP contribution in [0.25, 0.3) is 0 Å². The molecule has 0 saturated carbocycles. The van der Waals surface area contributed by atoms with Crippen molar-refractivity contribution in [2.45, 2.75) is 51.3 Å². The molecule has 0 aliphatic carbocycles. The first-order valence-corrected chi connectivity index (χ1v) is 8.42. The summed E-state index contributed by atoms with van der Waals surface area (Å²) in [6, 6.07) is 7.11. The molecule has 0 aromatic heterocycles. The number of halogens is 1. The van der Waals surface area contributed by atoms with Crippen molar-refractivity contribution in [3.63, 3.8) is 0 Å². The van der Waals surface area contributed by atoms with Gasteiger partial charge in [-0.05, 0) is 50.9 Å². The summed E-state index contributed by atoms with van der Waals surface area (Å²) in [7, 11) is 0. The van der Waals surface area contributed by atoms with Crippen LogP contribution in [0.15, 0.2) is 18.2 Å². The molecular formula is C17H25ClN2O. The zero-order valence-electron chi connectivity index (χ0n) is 12.9. The molecule has 2 aliphatic rings. The Morgan fingerprint density at radius 3 is 2.81 bits per heavy atom. The zero-order chi connectivity index (χ0) is 15.0. The average Bonchev–Trinajstić information content (AvgIpc) is 2.46. The monoisotopic (exact) mass is 308 g/mol. The molecule has 0 bridgehead atoms. The highest BCUT2D eigenvalue weighted by atomic mass is 35.5. The molecule has 0 amide bonds. The first-order valence-electron chi connectivity index (χ1n) is 8.04. The van der Waals surface area contributed by atoms with Crippen molar-refractivity contribution in [1.29, 1.82) is 0 Å². The van der Waals surface area contributed by atoms with Crippen LogP contribution in [0.5, 0.6) is 0 Å². The lowest BCUT2D eigenvalue weighted by atomic mass is 9.96. The van der Waals surface area contributed by atoms with Crippen molar-refractivity contribution in [2.75, 3.05) is 24.5 Å². The number of fused-ring (bicyclic) bond motifs is 1. The Hall–Kier alpha value is -0.770. The van der Waals surface area contributed by atoms with Crippen LogP contribution in [0, 0.1) is 0 Å². The maximum atomic E-state index is 9.68. The Bertz CT molecular complexity index is 506. The van der Waals surface area contributed by atoms with Crippen LogP contribution in [-0.2, 0) is 0 Å². The van der Waals surface area contributed by atoms with Crippen LogP contribution in [0.3, 0.4) is 0 Å². The number of rotatable bonds is 2. The number of hydrogen-bond donors (Lipinski definition) is 1. The van der Waals surface area contributed by atoms with Crippen molar-refractivity contribution >= 4 is 17.3 Å². The predicted molar refractivity (Wildman–Crippen MR) is 88.1 cm³/mol. The molecule has 0 spiro atoms. The molecule has 3 atom stereocenters. The molecule has 4 heteroatoms. The summed E-state index contributed by atoms with van der Waals surface area (Å²) in [5, 5.41) is 10.4. The fourth-order valence-corrected chi connectivity index (χ4v) is 4.00. The van der Waals surface area contributed by atoms with Crippen molar-refractivity contribution in [2.24, 2.45) is 0 Å². The predicted octanol–water partition coefficient (Wildman–Crippen LogP) is 3.46. The van der Waals surface area contributed by atoms with Crippen LogP contribution >= 0.6 is 11.6 Å². The van der Waals surface area contributed by atoms with Gasteiger partial charge in [0.1, 0.15) is 0 Å². The van der Waals surface area contributed by atoms with Crippen molar-refractivity contribution in [1.82, 2.24) is 4.90 Å². The van der Waals surface area contributed by atoms with E-state index < -0.39 is 6.10 Å². The summed E-state index contributed by atoms with van der Waals surface area (Å²) >= 11 is 6.48. The summed E-state index contributed by atoms with van der Waals surface area (Å²) in [4.78, 5) is 5.09. The van der Waals surface area contributed by atoms with Crippen LogP contribution in [0.1, 0.15) is 44.8 Å². The molecule has 2 fully saturated rings. The highest BCUT2D eigenvalue weighted by Crippen LogP contribution is 2.34. The second-order valence-corrected chi connectivity index (χ2v) is 6.94. The molecule has 2 heterocycles. The minimum Gasteiger partial charge on any atom is -0.389 e. The fourth-order valence-electron chi connectivity index (χ4n) is 3.70. The van der Waals surface area contributed by atoms with E-state index in [0.717, 1.165) is 29.4 Å². The molecule has 2 aliphatic heterocycles. The number of benzene rings is 1. The third-order valence-corrected chi connectivity index (χ3v) is 5.25. The zero-order valence-corrected chi connectivity index (χ0v) is 13.7. The molecule has 0 radical (unpaired) electrons. The van der Waals surface area contributed by atoms with Gasteiger partial charge < -0.3 is 10.0 Å². The highest BCUT2D eigenvalue weighted by Gasteiger charge is 2.33. The third-order valence-electron chi connectivity index (χ3n) is 4.95. The van der Waals surface area contributed by atoms with Gasteiger partial charge in [0.05, 0.1) is 16.8 Å². The largest absolute Gasteiger partial charge is 0.389 e. The van der Waals surface area contributed by atoms with Gasteiger partial charge in [0.25, 0.3) is 0 Å². The van der Waals surface area contributed by atoms with Crippen molar-refractivity contribution in [3.8, 4) is 0 Å². The van der Waals surface area contributed by atoms with E-state index in [9.17, 15) is 5.11 Å². The Morgan fingerprint density at radius 1 is 1.29 bits per heavy atom. The molecule has 1 N–H and O–H groups in total. The Morgan fingerprint density at radius 2 is 2.10 bits per heavy atom. The van der Waals surface area contributed by atoms with E-state index in [-0.39, 0.29) is 0 Å². The summed E-state index contributed by atoms with van der Waals surface area (Å²) in [6.45, 7) is 7.49. The molecule has 21 heavy (non-hydrogen) atoms. The van der Waals surface area contributed by atoms with Crippen LogP contribution < -0.4 is 4.90 Å². The molecular weight excluding hydrogens is 284 g/mol. The number of anilines is 1. The van der Waals surface area contributed by atoms with E-state index in [0.29, 0.717) is 12.1 Å². The highest BCUT2D eigenvalue weighted by molar-refractivity contribution is 6.33. The minimum atomic E-state index is -0.468. The second-order valence-electron chi connectivity index (χ2n) is 6.53. The summed E-state index contributed by atoms with van der Waals surface area (Å²) in [5.74, 6) is 0. The number of nitrogens with zero attached hydrogens (tertiary/aromatic N) is 2. The lowest BCUT2D eigenvalue weighted by Gasteiger charge is -2.48. The lowest BCUT2D eigenvalue weighted by molar-refractivity contribution is 0.115. The number of aliphatic hydroxyl groups is 1. The van der Waals surface area contributed by atoms with E-state index in [1.807, 2.05) is 12.1 Å². The maximum Gasteiger partial charge on any atom is 0.0762 e. The van der Waals surface area contributed by atoms with Gasteiger partial charge in [-0.15, -0.1) is 0 Å². The first-order chi connectivity index (χ1) is 10.1. The second kappa shape index (κ2) is 6.15. The summed E-state index contributed by atoms with van der Waals surface area (Å²) in [6.07, 6.45) is 3.52. The summed E-state index contributed by atoms with van der Waals surface area (Å²) in [5.41, 5.74) is 1.99. The Kier molecular flexibility index (Phi) is 4.43. The molecule has 3 rings (SSSR count). The molecule has 1 aromatic carbocycles. The SMILES string of the molecule is CC1CN2CCCCC2CN1c1ccc([C@@H](C)O)cc1Cl. The van der Waals surface area contributed by atoms with E-state index >= 15 is 0 Å². The smallest absolute Gasteiger partial charge is 0.0762 e. The van der Waals surface area contributed by atoms with Gasteiger partial charge in [0, 0.05) is 25.2 Å². The van der Waals surface area contributed by atoms with Gasteiger partial charge in [0.2, 0.25) is 0 Å². The van der Waals surface area contributed by atoms with Crippen molar-refractivity contribution in [3.05, 3.63) is 28.8 Å². The average molecular weight is 309 g/mol. The Labute approximate surface area is 132 Å². The van der Waals surface area contributed by atoms with E-state index in [2.05, 4.69) is 22.8 Å². The third kappa shape index (κ3) is 3.05. The fraction of sp³-hybridized carbons (Fsp3) is 0.647. The van der Waals surface area contributed by atoms with E-state index in [4.69, 9.17) is 11.6 Å². The normalized spacial score (nSPS) is 28.3.